The Labute approximate surface area is 142 Å². The van der Waals surface area contributed by atoms with Crippen LogP contribution >= 0.6 is 11.3 Å². The molecule has 0 aromatic carbocycles. The molecule has 1 N–H and O–H groups in total. The summed E-state index contributed by atoms with van der Waals surface area (Å²) < 4.78 is 1.02. The molecule has 1 amide bonds. The van der Waals surface area contributed by atoms with Crippen LogP contribution in [0.1, 0.15) is 38.3 Å². The lowest BCUT2D eigenvalue weighted by Crippen LogP contribution is -2.30. The highest BCUT2D eigenvalue weighted by atomic mass is 32.1. The van der Waals surface area contributed by atoms with Crippen LogP contribution in [0.15, 0.2) is 16.9 Å². The van der Waals surface area contributed by atoms with Gasteiger partial charge >= 0.3 is 0 Å². The monoisotopic (exact) mass is 344 g/mol. The van der Waals surface area contributed by atoms with Crippen LogP contribution in [0.5, 0.6) is 0 Å². The van der Waals surface area contributed by atoms with Crippen LogP contribution < -0.4 is 10.9 Å². The number of carbonyl (C=O) groups excluding carboxylic acids is 2. The molecule has 0 saturated heterocycles. The fraction of sp³-hybridized carbons (Fsp3) is 0.312. The van der Waals surface area contributed by atoms with Gasteiger partial charge < -0.3 is 5.32 Å². The smallest absolute Gasteiger partial charge is 0.285 e. The lowest BCUT2D eigenvalue weighted by molar-refractivity contribution is -0.119. The van der Waals surface area contributed by atoms with E-state index < -0.39 is 5.56 Å². The molecule has 0 bridgehead atoms. The molecule has 2 aromatic rings. The second kappa shape index (κ2) is 7.19. The normalized spacial score (nSPS) is 10.2. The third kappa shape index (κ3) is 3.75. The Bertz CT molecular complexity index is 905. The quantitative estimate of drug-likeness (QED) is 0.824. The van der Waals surface area contributed by atoms with Crippen molar-refractivity contribution in [2.24, 2.45) is 0 Å². The van der Waals surface area contributed by atoms with Crippen molar-refractivity contribution in [3.8, 4) is 6.07 Å². The van der Waals surface area contributed by atoms with Crippen LogP contribution in [-0.4, -0.2) is 21.5 Å². The number of aromatic nitrogens is 2. The van der Waals surface area contributed by atoms with Gasteiger partial charge in [0.2, 0.25) is 5.91 Å². The molecular weight excluding hydrogens is 328 g/mol. The van der Waals surface area contributed by atoms with Crippen molar-refractivity contribution in [2.75, 3.05) is 0 Å². The number of hydrogen-bond acceptors (Lipinski definition) is 6. The molecule has 0 spiro atoms. The lowest BCUT2D eigenvalue weighted by atomic mass is 10.1. The number of ketones is 1. The van der Waals surface area contributed by atoms with Gasteiger partial charge in [-0.25, -0.2) is 4.68 Å². The Kier molecular flexibility index (Phi) is 5.26. The zero-order valence-electron chi connectivity index (χ0n) is 13.5. The van der Waals surface area contributed by atoms with E-state index in [2.05, 4.69) is 10.4 Å². The molecule has 24 heavy (non-hydrogen) atoms. The van der Waals surface area contributed by atoms with Crippen LogP contribution in [0, 0.1) is 25.2 Å². The molecular formula is C16H16N4O3S. The molecule has 0 fully saturated rings. The number of aryl methyl sites for hydroxylation is 1. The third-order valence-electron chi connectivity index (χ3n) is 3.49. The largest absolute Gasteiger partial charge is 0.351 e. The van der Waals surface area contributed by atoms with E-state index in [4.69, 9.17) is 5.26 Å². The maximum absolute atomic E-state index is 12.4. The van der Waals surface area contributed by atoms with Crippen molar-refractivity contribution in [3.05, 3.63) is 49.1 Å². The van der Waals surface area contributed by atoms with Gasteiger partial charge in [0.1, 0.15) is 18.2 Å². The second-order valence-corrected chi connectivity index (χ2v) is 6.43. The predicted molar refractivity (Wildman–Crippen MR) is 88.9 cm³/mol. The summed E-state index contributed by atoms with van der Waals surface area (Å²) in [6, 6.07) is 5.28. The number of Topliss-reactive ketones (excluding diaryl/α,β-unsaturated/α-hetero) is 1. The second-order valence-electron chi connectivity index (χ2n) is 5.26. The first-order chi connectivity index (χ1) is 11.3. The van der Waals surface area contributed by atoms with Gasteiger partial charge in [-0.1, -0.05) is 0 Å². The first-order valence-electron chi connectivity index (χ1n) is 7.18. The summed E-state index contributed by atoms with van der Waals surface area (Å²) in [5.41, 5.74) is 0.508. The Hall–Kier alpha value is -2.79. The highest BCUT2D eigenvalue weighted by Crippen LogP contribution is 2.17. The molecule has 0 radical (unpaired) electrons. The number of carbonyl (C=O) groups is 2. The first kappa shape index (κ1) is 17.6. The van der Waals surface area contributed by atoms with E-state index in [-0.39, 0.29) is 23.8 Å². The molecule has 8 heteroatoms. The zero-order valence-corrected chi connectivity index (χ0v) is 14.4. The van der Waals surface area contributed by atoms with Crippen LogP contribution in [0.3, 0.4) is 0 Å². The van der Waals surface area contributed by atoms with Crippen molar-refractivity contribution < 1.29 is 9.59 Å². The van der Waals surface area contributed by atoms with E-state index in [1.54, 1.807) is 26.0 Å². The molecule has 0 aliphatic rings. The molecule has 7 nitrogen and oxygen atoms in total. The zero-order chi connectivity index (χ0) is 17.9. The maximum Gasteiger partial charge on any atom is 0.285 e. The molecule has 2 heterocycles. The van der Waals surface area contributed by atoms with Gasteiger partial charge in [-0.15, -0.1) is 11.3 Å². The van der Waals surface area contributed by atoms with Gasteiger partial charge in [-0.2, -0.15) is 10.4 Å². The number of rotatable bonds is 5. The Morgan fingerprint density at radius 1 is 1.38 bits per heavy atom. The summed E-state index contributed by atoms with van der Waals surface area (Å²) in [5.74, 6) is -0.415. The van der Waals surface area contributed by atoms with Gasteiger partial charge in [0, 0.05) is 11.8 Å². The fourth-order valence-corrected chi connectivity index (χ4v) is 2.94. The molecule has 0 unspecified atom stereocenters. The van der Waals surface area contributed by atoms with Crippen LogP contribution in [0.2, 0.25) is 0 Å². The average molecular weight is 344 g/mol. The van der Waals surface area contributed by atoms with E-state index in [1.807, 2.05) is 6.07 Å². The van der Waals surface area contributed by atoms with E-state index in [9.17, 15) is 14.4 Å². The fourth-order valence-electron chi connectivity index (χ4n) is 2.06. The van der Waals surface area contributed by atoms with E-state index in [0.717, 1.165) is 9.56 Å². The van der Waals surface area contributed by atoms with Gasteiger partial charge in [0.05, 0.1) is 17.1 Å². The van der Waals surface area contributed by atoms with E-state index in [0.29, 0.717) is 22.7 Å². The maximum atomic E-state index is 12.4. The number of nitrogens with zero attached hydrogens (tertiary/aromatic N) is 3. The van der Waals surface area contributed by atoms with Gasteiger partial charge in [-0.3, -0.25) is 14.4 Å². The summed E-state index contributed by atoms with van der Waals surface area (Å²) in [5, 5.41) is 15.8. The first-order valence-corrected chi connectivity index (χ1v) is 8.00. The van der Waals surface area contributed by atoms with Gasteiger partial charge in [0.15, 0.2) is 5.78 Å². The van der Waals surface area contributed by atoms with Crippen LogP contribution in [0.25, 0.3) is 0 Å². The molecule has 124 valence electrons. The van der Waals surface area contributed by atoms with Crippen molar-refractivity contribution in [1.82, 2.24) is 15.1 Å². The van der Waals surface area contributed by atoms with Crippen LogP contribution in [-0.2, 0) is 17.9 Å². The van der Waals surface area contributed by atoms with Gasteiger partial charge in [0.25, 0.3) is 5.56 Å². The number of hydrogen-bond donors (Lipinski definition) is 1. The minimum atomic E-state index is -0.566. The minimum Gasteiger partial charge on any atom is -0.351 e. The molecule has 0 atom stereocenters. The van der Waals surface area contributed by atoms with Crippen molar-refractivity contribution >= 4 is 23.0 Å². The predicted octanol–water partition coefficient (Wildman–Crippen LogP) is 1.31. The molecule has 0 aliphatic heterocycles. The topological polar surface area (TPSA) is 105 Å². The molecule has 0 aliphatic carbocycles. The van der Waals surface area contributed by atoms with Crippen LogP contribution in [0.4, 0.5) is 0 Å². The molecule has 0 saturated carbocycles. The Morgan fingerprint density at radius 3 is 2.71 bits per heavy atom. The summed E-state index contributed by atoms with van der Waals surface area (Å²) in [7, 11) is 0. The number of nitrogens with one attached hydrogen (secondary N) is 1. The van der Waals surface area contributed by atoms with Crippen molar-refractivity contribution in [2.45, 2.75) is 33.9 Å². The SMILES string of the molecule is CC(=O)NCc1ccc(C(=O)Cn2nc(C)c(C)c(C#N)c2=O)s1. The Morgan fingerprint density at radius 2 is 2.08 bits per heavy atom. The molecule has 2 rings (SSSR count). The van der Waals surface area contributed by atoms with Crippen molar-refractivity contribution in [3.63, 3.8) is 0 Å². The summed E-state index contributed by atoms with van der Waals surface area (Å²) in [6.45, 7) is 4.89. The lowest BCUT2D eigenvalue weighted by Gasteiger charge is -2.07. The summed E-state index contributed by atoms with van der Waals surface area (Å²) in [6.07, 6.45) is 0. The Balaban J connectivity index is 2.22. The number of thiophene rings is 1. The van der Waals surface area contributed by atoms with E-state index in [1.165, 1.54) is 18.3 Å². The highest BCUT2D eigenvalue weighted by molar-refractivity contribution is 7.14. The minimum absolute atomic E-state index is 0.00725. The third-order valence-corrected chi connectivity index (χ3v) is 4.62. The number of nitriles is 1. The summed E-state index contributed by atoms with van der Waals surface area (Å²) in [4.78, 5) is 36.8. The average Bonchev–Trinajstić information content (AvgIpc) is 3.00. The highest BCUT2D eigenvalue weighted by Gasteiger charge is 2.16. The van der Waals surface area contributed by atoms with Crippen molar-refractivity contribution in [1.29, 1.82) is 5.26 Å². The van der Waals surface area contributed by atoms with Gasteiger partial charge in [-0.05, 0) is 31.5 Å². The molecule has 2 aromatic heterocycles. The van der Waals surface area contributed by atoms with E-state index >= 15 is 0 Å². The standard InChI is InChI=1S/C16H16N4O3S/c1-9-10(2)19-20(16(23)13(9)6-17)8-14(22)15-5-4-12(24-15)7-18-11(3)21/h4-5H,7-8H2,1-3H3,(H,18,21). The number of amides is 1. The summed E-state index contributed by atoms with van der Waals surface area (Å²) >= 11 is 1.25.